The van der Waals surface area contributed by atoms with Gasteiger partial charge in [-0.15, -0.1) is 0 Å². The Balaban J connectivity index is 3.59. The Morgan fingerprint density at radius 3 is 2.25 bits per heavy atom. The molecule has 12 heavy (non-hydrogen) atoms. The number of nitrogens with zero attached hydrogens (tertiary/aromatic N) is 2. The van der Waals surface area contributed by atoms with Crippen LogP contribution in [0.4, 0.5) is 0 Å². The Morgan fingerprint density at radius 1 is 1.33 bits per heavy atom. The van der Waals surface area contributed by atoms with E-state index in [0.717, 1.165) is 13.0 Å². The SMILES string of the molecule is CC(=O)N(C=O)CCCN(C)C. The van der Waals surface area contributed by atoms with E-state index < -0.39 is 0 Å². The van der Waals surface area contributed by atoms with E-state index in [1.54, 1.807) is 0 Å². The van der Waals surface area contributed by atoms with Crippen molar-refractivity contribution in [3.8, 4) is 0 Å². The fourth-order valence-corrected chi connectivity index (χ4v) is 0.842. The summed E-state index contributed by atoms with van der Waals surface area (Å²) in [6, 6.07) is 0. The van der Waals surface area contributed by atoms with Crippen LogP contribution in [0, 0.1) is 0 Å². The van der Waals surface area contributed by atoms with Gasteiger partial charge in [0.15, 0.2) is 0 Å². The van der Waals surface area contributed by atoms with E-state index in [1.807, 2.05) is 19.0 Å². The highest BCUT2D eigenvalue weighted by Crippen LogP contribution is 1.89. The van der Waals surface area contributed by atoms with Crippen molar-refractivity contribution >= 4 is 12.3 Å². The minimum Gasteiger partial charge on any atom is -0.309 e. The maximum atomic E-state index is 10.7. The summed E-state index contributed by atoms with van der Waals surface area (Å²) in [6.45, 7) is 2.79. The van der Waals surface area contributed by atoms with E-state index in [9.17, 15) is 9.59 Å². The van der Waals surface area contributed by atoms with E-state index in [1.165, 1.54) is 11.8 Å². The zero-order valence-electron chi connectivity index (χ0n) is 7.91. The lowest BCUT2D eigenvalue weighted by Gasteiger charge is -2.14. The Labute approximate surface area is 73.1 Å². The van der Waals surface area contributed by atoms with Gasteiger partial charge in [0.25, 0.3) is 0 Å². The number of hydrogen-bond donors (Lipinski definition) is 0. The van der Waals surface area contributed by atoms with E-state index in [4.69, 9.17) is 0 Å². The van der Waals surface area contributed by atoms with Gasteiger partial charge in [-0.2, -0.15) is 0 Å². The van der Waals surface area contributed by atoms with Crippen LogP contribution in [0.1, 0.15) is 13.3 Å². The summed E-state index contributed by atoms with van der Waals surface area (Å²) >= 11 is 0. The molecule has 0 spiro atoms. The fourth-order valence-electron chi connectivity index (χ4n) is 0.842. The predicted octanol–water partition coefficient (Wildman–Crippen LogP) is -0.0570. The summed E-state index contributed by atoms with van der Waals surface area (Å²) in [7, 11) is 3.91. The molecule has 0 saturated carbocycles. The van der Waals surface area contributed by atoms with Gasteiger partial charge in [0.1, 0.15) is 0 Å². The first-order valence-electron chi connectivity index (χ1n) is 3.95. The topological polar surface area (TPSA) is 40.6 Å². The molecule has 2 amide bonds. The summed E-state index contributed by atoms with van der Waals surface area (Å²) in [5.41, 5.74) is 0. The second-order valence-corrected chi connectivity index (χ2v) is 2.97. The standard InChI is InChI=1S/C8H16N2O2/c1-8(12)10(7-11)6-4-5-9(2)3/h7H,4-6H2,1-3H3. The van der Waals surface area contributed by atoms with E-state index >= 15 is 0 Å². The Bertz CT molecular complexity index is 157. The van der Waals surface area contributed by atoms with Crippen molar-refractivity contribution < 1.29 is 9.59 Å². The molecule has 0 atom stereocenters. The molecule has 0 saturated heterocycles. The van der Waals surface area contributed by atoms with Gasteiger partial charge in [-0.05, 0) is 27.1 Å². The molecule has 70 valence electrons. The molecule has 0 aliphatic carbocycles. The summed E-state index contributed by atoms with van der Waals surface area (Å²) in [4.78, 5) is 24.2. The highest BCUT2D eigenvalue weighted by molar-refractivity contribution is 5.83. The average Bonchev–Trinajstić information content (AvgIpc) is 1.96. The van der Waals surface area contributed by atoms with Crippen LogP contribution in [0.2, 0.25) is 0 Å². The molecule has 0 aliphatic heterocycles. The zero-order chi connectivity index (χ0) is 9.56. The van der Waals surface area contributed by atoms with Gasteiger partial charge < -0.3 is 4.90 Å². The first kappa shape index (κ1) is 11.1. The van der Waals surface area contributed by atoms with E-state index in [2.05, 4.69) is 0 Å². The molecule has 0 unspecified atom stereocenters. The maximum Gasteiger partial charge on any atom is 0.225 e. The molecule has 4 nitrogen and oxygen atoms in total. The van der Waals surface area contributed by atoms with Crippen LogP contribution in [0.5, 0.6) is 0 Å². The maximum absolute atomic E-state index is 10.7. The summed E-state index contributed by atoms with van der Waals surface area (Å²) in [6.07, 6.45) is 1.41. The quantitative estimate of drug-likeness (QED) is 0.546. The van der Waals surface area contributed by atoms with Gasteiger partial charge in [0.05, 0.1) is 0 Å². The summed E-state index contributed by atoms with van der Waals surface area (Å²) in [5.74, 6) is -0.191. The number of amides is 2. The molecule has 0 aromatic heterocycles. The van der Waals surface area contributed by atoms with Crippen LogP contribution in [0.3, 0.4) is 0 Å². The lowest BCUT2D eigenvalue weighted by atomic mass is 10.4. The zero-order valence-corrected chi connectivity index (χ0v) is 7.91. The molecular weight excluding hydrogens is 156 g/mol. The third-order valence-electron chi connectivity index (χ3n) is 1.54. The number of carbonyl (C=O) groups excluding carboxylic acids is 2. The lowest BCUT2D eigenvalue weighted by Crippen LogP contribution is -2.30. The van der Waals surface area contributed by atoms with Crippen molar-refractivity contribution in [3.05, 3.63) is 0 Å². The van der Waals surface area contributed by atoms with Gasteiger partial charge in [-0.1, -0.05) is 0 Å². The van der Waals surface area contributed by atoms with Crippen LogP contribution in [-0.2, 0) is 9.59 Å². The van der Waals surface area contributed by atoms with Gasteiger partial charge in [0, 0.05) is 13.5 Å². The molecule has 0 radical (unpaired) electrons. The largest absolute Gasteiger partial charge is 0.309 e. The molecule has 4 heteroatoms. The van der Waals surface area contributed by atoms with Crippen molar-refractivity contribution in [1.82, 2.24) is 9.80 Å². The van der Waals surface area contributed by atoms with Crippen LogP contribution >= 0.6 is 0 Å². The monoisotopic (exact) mass is 172 g/mol. The van der Waals surface area contributed by atoms with Crippen LogP contribution in [0.15, 0.2) is 0 Å². The number of imide groups is 1. The summed E-state index contributed by atoms with van der Waals surface area (Å²) in [5, 5.41) is 0. The minimum absolute atomic E-state index is 0.191. The number of rotatable bonds is 5. The molecule has 0 N–H and O–H groups in total. The highest BCUT2D eigenvalue weighted by atomic mass is 16.2. The van der Waals surface area contributed by atoms with Gasteiger partial charge in [-0.25, -0.2) is 0 Å². The minimum atomic E-state index is -0.191. The fraction of sp³-hybridized carbons (Fsp3) is 0.750. The Morgan fingerprint density at radius 2 is 1.92 bits per heavy atom. The van der Waals surface area contributed by atoms with Crippen molar-refractivity contribution in [2.24, 2.45) is 0 Å². The number of carbonyl (C=O) groups is 2. The lowest BCUT2D eigenvalue weighted by molar-refractivity contribution is -0.136. The average molecular weight is 172 g/mol. The number of hydrogen-bond acceptors (Lipinski definition) is 3. The van der Waals surface area contributed by atoms with Gasteiger partial charge in [0.2, 0.25) is 12.3 Å². The molecule has 0 bridgehead atoms. The molecule has 0 aromatic carbocycles. The Hall–Kier alpha value is -0.900. The van der Waals surface area contributed by atoms with Gasteiger partial charge in [-0.3, -0.25) is 14.5 Å². The second kappa shape index (κ2) is 5.71. The van der Waals surface area contributed by atoms with Gasteiger partial charge >= 0.3 is 0 Å². The Kier molecular flexibility index (Phi) is 5.28. The van der Waals surface area contributed by atoms with E-state index in [0.29, 0.717) is 13.0 Å². The van der Waals surface area contributed by atoms with Crippen molar-refractivity contribution in [2.75, 3.05) is 27.2 Å². The first-order valence-corrected chi connectivity index (χ1v) is 3.95. The van der Waals surface area contributed by atoms with E-state index in [-0.39, 0.29) is 5.91 Å². The predicted molar refractivity (Wildman–Crippen MR) is 46.6 cm³/mol. The normalized spacial score (nSPS) is 10.0. The van der Waals surface area contributed by atoms with Crippen LogP contribution in [0.25, 0.3) is 0 Å². The molecule has 0 aliphatic rings. The third-order valence-corrected chi connectivity index (χ3v) is 1.54. The van der Waals surface area contributed by atoms with Crippen LogP contribution in [-0.4, -0.2) is 49.3 Å². The highest BCUT2D eigenvalue weighted by Gasteiger charge is 2.05. The summed E-state index contributed by atoms with van der Waals surface area (Å²) < 4.78 is 0. The first-order chi connectivity index (χ1) is 5.57. The van der Waals surface area contributed by atoms with Crippen molar-refractivity contribution in [1.29, 1.82) is 0 Å². The van der Waals surface area contributed by atoms with Crippen molar-refractivity contribution in [2.45, 2.75) is 13.3 Å². The van der Waals surface area contributed by atoms with Crippen molar-refractivity contribution in [3.63, 3.8) is 0 Å². The molecule has 0 aromatic rings. The third kappa shape index (κ3) is 4.85. The van der Waals surface area contributed by atoms with Crippen LogP contribution < -0.4 is 0 Å². The second-order valence-electron chi connectivity index (χ2n) is 2.97. The molecule has 0 heterocycles. The molecule has 0 rings (SSSR count). The molecule has 0 fully saturated rings. The molecular formula is C8H16N2O2. The smallest absolute Gasteiger partial charge is 0.225 e.